The average molecular weight is 254 g/mol. The van der Waals surface area contributed by atoms with Crippen molar-refractivity contribution in [3.63, 3.8) is 0 Å². The van der Waals surface area contributed by atoms with Crippen LogP contribution in [0.15, 0.2) is 12.4 Å². The molecule has 0 spiro atoms. The van der Waals surface area contributed by atoms with Crippen molar-refractivity contribution in [3.8, 4) is 0 Å². The summed E-state index contributed by atoms with van der Waals surface area (Å²) >= 11 is 1.74. The molecule has 0 N–H and O–H groups in total. The lowest BCUT2D eigenvalue weighted by Crippen LogP contribution is -2.13. The third kappa shape index (κ3) is 4.94. The van der Waals surface area contributed by atoms with E-state index >= 15 is 0 Å². The fourth-order valence-electron chi connectivity index (χ4n) is 1.53. The molecule has 1 rings (SSSR count). The van der Waals surface area contributed by atoms with E-state index in [1.807, 2.05) is 6.20 Å². The summed E-state index contributed by atoms with van der Waals surface area (Å²) in [5, 5.41) is 0.564. The molecule has 0 saturated heterocycles. The highest BCUT2D eigenvalue weighted by molar-refractivity contribution is 8.00. The van der Waals surface area contributed by atoms with Gasteiger partial charge in [0.15, 0.2) is 0 Å². The van der Waals surface area contributed by atoms with Gasteiger partial charge in [-0.25, -0.2) is 4.98 Å². The van der Waals surface area contributed by atoms with Crippen molar-refractivity contribution in [2.45, 2.75) is 51.8 Å². The summed E-state index contributed by atoms with van der Waals surface area (Å²) in [6.45, 7) is 7.39. The third-order valence-electron chi connectivity index (χ3n) is 2.73. The van der Waals surface area contributed by atoms with Gasteiger partial charge in [-0.05, 0) is 12.8 Å². The fourth-order valence-corrected chi connectivity index (χ4v) is 2.34. The number of hydrogen-bond donors (Lipinski definition) is 0. The van der Waals surface area contributed by atoms with Crippen molar-refractivity contribution in [1.82, 2.24) is 9.55 Å². The van der Waals surface area contributed by atoms with Crippen molar-refractivity contribution in [2.75, 3.05) is 5.75 Å². The van der Waals surface area contributed by atoms with Crippen molar-refractivity contribution in [3.05, 3.63) is 18.2 Å². The maximum atomic E-state index is 11.8. The van der Waals surface area contributed by atoms with Crippen LogP contribution in [-0.4, -0.2) is 26.3 Å². The highest BCUT2D eigenvalue weighted by atomic mass is 32.2. The lowest BCUT2D eigenvalue weighted by Gasteiger charge is -2.08. The van der Waals surface area contributed by atoms with Crippen LogP contribution in [0.2, 0.25) is 0 Å². The minimum absolute atomic E-state index is 0.277. The Labute approximate surface area is 108 Å². The molecule has 0 saturated carbocycles. The lowest BCUT2D eigenvalue weighted by molar-refractivity contribution is -0.116. The number of aryl methyl sites for hydroxylation is 1. The van der Waals surface area contributed by atoms with Gasteiger partial charge in [0.2, 0.25) is 0 Å². The van der Waals surface area contributed by atoms with E-state index < -0.39 is 0 Å². The predicted octanol–water partition coefficient (Wildman–Crippen LogP) is 2.94. The van der Waals surface area contributed by atoms with Crippen LogP contribution in [0, 0.1) is 0 Å². The van der Waals surface area contributed by atoms with E-state index in [9.17, 15) is 4.79 Å². The molecule has 0 aliphatic rings. The minimum Gasteiger partial charge on any atom is -0.335 e. The number of thioether (sulfide) groups is 1. The highest BCUT2D eigenvalue weighted by Gasteiger charge is 2.10. The summed E-state index contributed by atoms with van der Waals surface area (Å²) in [7, 11) is 0. The molecule has 1 aromatic rings. The van der Waals surface area contributed by atoms with Crippen LogP contribution in [0.4, 0.5) is 0 Å². The molecule has 0 radical (unpaired) electrons. The smallest absolute Gasteiger partial charge is 0.150 e. The van der Waals surface area contributed by atoms with E-state index in [0.29, 0.717) is 17.4 Å². The maximum absolute atomic E-state index is 11.8. The maximum Gasteiger partial charge on any atom is 0.150 e. The average Bonchev–Trinajstić information content (AvgIpc) is 2.74. The molecule has 1 unspecified atom stereocenters. The molecule has 0 aliphatic heterocycles. The van der Waals surface area contributed by atoms with Crippen LogP contribution >= 0.6 is 11.8 Å². The first-order valence-electron chi connectivity index (χ1n) is 6.30. The third-order valence-corrected chi connectivity index (χ3v) is 4.12. The molecule has 1 heterocycles. The largest absolute Gasteiger partial charge is 0.335 e. The first-order chi connectivity index (χ1) is 8.17. The van der Waals surface area contributed by atoms with Crippen LogP contribution in [-0.2, 0) is 17.8 Å². The van der Waals surface area contributed by atoms with Gasteiger partial charge in [0.25, 0.3) is 0 Å². The predicted molar refractivity (Wildman–Crippen MR) is 73.4 cm³/mol. The molecule has 0 aromatic carbocycles. The van der Waals surface area contributed by atoms with Crippen LogP contribution < -0.4 is 0 Å². The fraction of sp³-hybridized carbons (Fsp3) is 0.692. The Morgan fingerprint density at radius 2 is 2.29 bits per heavy atom. The summed E-state index contributed by atoms with van der Waals surface area (Å²) in [5.41, 5.74) is 0. The molecule has 1 aromatic heterocycles. The lowest BCUT2D eigenvalue weighted by atomic mass is 10.3. The zero-order valence-corrected chi connectivity index (χ0v) is 11.8. The number of aromatic nitrogens is 2. The second-order valence-corrected chi connectivity index (χ2v) is 5.71. The minimum atomic E-state index is 0.277. The van der Waals surface area contributed by atoms with E-state index in [0.717, 1.165) is 25.2 Å². The summed E-state index contributed by atoms with van der Waals surface area (Å²) in [5.74, 6) is 1.79. The van der Waals surface area contributed by atoms with Crippen LogP contribution in [0.5, 0.6) is 0 Å². The number of carbonyl (C=O) groups is 1. The summed E-state index contributed by atoms with van der Waals surface area (Å²) in [6.07, 6.45) is 6.38. The van der Waals surface area contributed by atoms with Gasteiger partial charge in [-0.3, -0.25) is 4.79 Å². The number of ketones is 1. The quantitative estimate of drug-likeness (QED) is 0.715. The van der Waals surface area contributed by atoms with E-state index in [1.54, 1.807) is 18.0 Å². The molecule has 17 heavy (non-hydrogen) atoms. The Morgan fingerprint density at radius 3 is 2.94 bits per heavy atom. The van der Waals surface area contributed by atoms with Gasteiger partial charge in [-0.15, -0.1) is 0 Å². The highest BCUT2D eigenvalue weighted by Crippen LogP contribution is 2.14. The Morgan fingerprint density at radius 1 is 1.53 bits per heavy atom. The van der Waals surface area contributed by atoms with E-state index in [-0.39, 0.29) is 5.78 Å². The Hall–Kier alpha value is -0.770. The second-order valence-electron chi connectivity index (χ2n) is 4.28. The summed E-state index contributed by atoms with van der Waals surface area (Å²) < 4.78 is 2.08. The number of hydrogen-bond acceptors (Lipinski definition) is 3. The van der Waals surface area contributed by atoms with Gasteiger partial charge in [0.05, 0.1) is 12.2 Å². The van der Waals surface area contributed by atoms with Gasteiger partial charge in [-0.1, -0.05) is 20.8 Å². The van der Waals surface area contributed by atoms with Crippen LogP contribution in [0.25, 0.3) is 0 Å². The number of rotatable bonds is 8. The van der Waals surface area contributed by atoms with Gasteiger partial charge >= 0.3 is 0 Å². The number of Topliss-reactive ketones (excluding diaryl/α,β-unsaturated/α-hetero) is 1. The van der Waals surface area contributed by atoms with Crippen molar-refractivity contribution in [2.24, 2.45) is 0 Å². The molecule has 4 heteroatoms. The topological polar surface area (TPSA) is 34.9 Å². The molecule has 3 nitrogen and oxygen atoms in total. The normalized spacial score (nSPS) is 12.6. The van der Waals surface area contributed by atoms with Crippen molar-refractivity contribution in [1.29, 1.82) is 0 Å². The van der Waals surface area contributed by atoms with Crippen LogP contribution in [0.1, 0.15) is 39.4 Å². The van der Waals surface area contributed by atoms with Crippen molar-refractivity contribution < 1.29 is 4.79 Å². The monoisotopic (exact) mass is 254 g/mol. The molecule has 96 valence electrons. The van der Waals surface area contributed by atoms with E-state index in [4.69, 9.17) is 0 Å². The summed E-state index contributed by atoms with van der Waals surface area (Å²) in [6, 6.07) is 0. The molecule has 0 aliphatic carbocycles. The Bertz CT molecular complexity index is 349. The van der Waals surface area contributed by atoms with E-state index in [2.05, 4.69) is 30.3 Å². The second kappa shape index (κ2) is 7.54. The molecule has 0 fully saturated rings. The molecular weight excluding hydrogens is 232 g/mol. The molecular formula is C13H22N2OS. The molecule has 1 atom stereocenters. The van der Waals surface area contributed by atoms with Gasteiger partial charge in [-0.2, -0.15) is 11.8 Å². The Kier molecular flexibility index (Phi) is 6.34. The van der Waals surface area contributed by atoms with E-state index in [1.165, 1.54) is 0 Å². The Balaban J connectivity index is 2.42. The number of nitrogens with zero attached hydrogens (tertiary/aromatic N) is 2. The number of imidazole rings is 1. The SMILES string of the molecule is CCCn1ccnc1CC(=O)CSC(C)CC. The summed E-state index contributed by atoms with van der Waals surface area (Å²) in [4.78, 5) is 16.1. The zero-order valence-electron chi connectivity index (χ0n) is 11.0. The number of carbonyl (C=O) groups excluding carboxylic acids is 1. The van der Waals surface area contributed by atoms with Gasteiger partial charge < -0.3 is 4.57 Å². The van der Waals surface area contributed by atoms with Gasteiger partial charge in [0, 0.05) is 24.2 Å². The first-order valence-corrected chi connectivity index (χ1v) is 7.35. The molecule has 0 amide bonds. The zero-order chi connectivity index (χ0) is 12.7. The van der Waals surface area contributed by atoms with Crippen LogP contribution in [0.3, 0.4) is 0 Å². The van der Waals surface area contributed by atoms with Crippen molar-refractivity contribution >= 4 is 17.5 Å². The standard InChI is InChI=1S/C13H22N2OS/c1-4-7-15-8-6-14-13(15)9-12(16)10-17-11(3)5-2/h6,8,11H,4-5,7,9-10H2,1-3H3. The molecule has 0 bridgehead atoms. The first kappa shape index (κ1) is 14.3. The van der Waals surface area contributed by atoms with Gasteiger partial charge in [0.1, 0.15) is 11.6 Å².